The van der Waals surface area contributed by atoms with Gasteiger partial charge in [-0.15, -0.1) is 10.2 Å². The lowest BCUT2D eigenvalue weighted by Crippen LogP contribution is -2.34. The molecule has 0 radical (unpaired) electrons. The highest BCUT2D eigenvalue weighted by Crippen LogP contribution is 2.27. The zero-order valence-electron chi connectivity index (χ0n) is 10.3. The number of nitrogens with one attached hydrogen (secondary N) is 2. The molecule has 0 bridgehead atoms. The van der Waals surface area contributed by atoms with Gasteiger partial charge in [-0.25, -0.2) is 0 Å². The molecule has 7 heteroatoms. The predicted octanol–water partition coefficient (Wildman–Crippen LogP) is 1.74. The number of furan rings is 1. The van der Waals surface area contributed by atoms with Crippen molar-refractivity contribution in [1.82, 2.24) is 15.5 Å². The number of hydrogen-bond donors (Lipinski definition) is 2. The SMILES string of the molecule is O=C(Nc1nnc(-c2ccco2)s1)C1CCNCC1. The Morgan fingerprint density at radius 1 is 1.42 bits per heavy atom. The Bertz CT molecular complexity index is 546. The Balaban J connectivity index is 1.65. The summed E-state index contributed by atoms with van der Waals surface area (Å²) in [6.07, 6.45) is 3.33. The molecular formula is C12H14N4O2S. The zero-order chi connectivity index (χ0) is 13.1. The number of aromatic nitrogens is 2. The second kappa shape index (κ2) is 5.50. The molecule has 1 aliphatic rings. The lowest BCUT2D eigenvalue weighted by Gasteiger charge is -2.20. The highest BCUT2D eigenvalue weighted by atomic mass is 32.1. The molecule has 2 N–H and O–H groups in total. The minimum Gasteiger partial charge on any atom is -0.462 e. The molecule has 0 spiro atoms. The van der Waals surface area contributed by atoms with Crippen molar-refractivity contribution in [3.8, 4) is 10.8 Å². The van der Waals surface area contributed by atoms with Gasteiger partial charge in [-0.3, -0.25) is 4.79 Å². The van der Waals surface area contributed by atoms with Crippen LogP contribution < -0.4 is 10.6 Å². The number of hydrogen-bond acceptors (Lipinski definition) is 6. The third-order valence-corrected chi connectivity index (χ3v) is 3.95. The minimum absolute atomic E-state index is 0.0312. The average molecular weight is 278 g/mol. The van der Waals surface area contributed by atoms with Crippen molar-refractivity contribution in [2.75, 3.05) is 18.4 Å². The van der Waals surface area contributed by atoms with E-state index in [2.05, 4.69) is 20.8 Å². The molecule has 2 aromatic heterocycles. The number of carbonyl (C=O) groups excluding carboxylic acids is 1. The smallest absolute Gasteiger partial charge is 0.229 e. The first kappa shape index (κ1) is 12.3. The molecule has 0 atom stereocenters. The molecule has 3 rings (SSSR count). The van der Waals surface area contributed by atoms with E-state index < -0.39 is 0 Å². The van der Waals surface area contributed by atoms with Crippen molar-refractivity contribution < 1.29 is 9.21 Å². The summed E-state index contributed by atoms with van der Waals surface area (Å²) in [6.45, 7) is 1.79. The van der Waals surface area contributed by atoms with Gasteiger partial charge in [-0.1, -0.05) is 11.3 Å². The summed E-state index contributed by atoms with van der Waals surface area (Å²) in [5, 5.41) is 15.2. The number of nitrogens with zero attached hydrogens (tertiary/aromatic N) is 2. The van der Waals surface area contributed by atoms with Gasteiger partial charge in [0, 0.05) is 5.92 Å². The first-order valence-electron chi connectivity index (χ1n) is 6.22. The topological polar surface area (TPSA) is 80.1 Å². The molecule has 1 amide bonds. The maximum Gasteiger partial charge on any atom is 0.229 e. The van der Waals surface area contributed by atoms with E-state index in [1.54, 1.807) is 12.3 Å². The second-order valence-corrected chi connectivity index (χ2v) is 5.38. The van der Waals surface area contributed by atoms with Crippen molar-refractivity contribution >= 4 is 22.4 Å². The maximum atomic E-state index is 12.0. The van der Waals surface area contributed by atoms with E-state index in [0.717, 1.165) is 25.9 Å². The van der Waals surface area contributed by atoms with Crippen molar-refractivity contribution in [3.05, 3.63) is 18.4 Å². The summed E-state index contributed by atoms with van der Waals surface area (Å²) in [5.74, 6) is 0.765. The Morgan fingerprint density at radius 3 is 3.00 bits per heavy atom. The van der Waals surface area contributed by atoms with Gasteiger partial charge in [-0.05, 0) is 38.1 Å². The van der Waals surface area contributed by atoms with Crippen molar-refractivity contribution in [3.63, 3.8) is 0 Å². The fraction of sp³-hybridized carbons (Fsp3) is 0.417. The molecule has 1 saturated heterocycles. The molecular weight excluding hydrogens is 264 g/mol. The van der Waals surface area contributed by atoms with E-state index in [9.17, 15) is 4.79 Å². The quantitative estimate of drug-likeness (QED) is 0.894. The fourth-order valence-corrected chi connectivity index (χ4v) is 2.78. The third kappa shape index (κ3) is 2.82. The van der Waals surface area contributed by atoms with Crippen molar-refractivity contribution in [2.45, 2.75) is 12.8 Å². The number of rotatable bonds is 3. The minimum atomic E-state index is 0.0312. The Hall–Kier alpha value is -1.73. The van der Waals surface area contributed by atoms with Gasteiger partial charge in [0.05, 0.1) is 6.26 Å². The van der Waals surface area contributed by atoms with Gasteiger partial charge in [0.1, 0.15) is 0 Å². The van der Waals surface area contributed by atoms with Gasteiger partial charge >= 0.3 is 0 Å². The standard InChI is InChI=1S/C12H14N4O2S/c17-10(8-3-5-13-6-4-8)14-12-16-15-11(19-12)9-2-1-7-18-9/h1-2,7-8,13H,3-6H2,(H,14,16,17). The normalized spacial score (nSPS) is 16.4. The van der Waals surface area contributed by atoms with Crippen molar-refractivity contribution in [1.29, 1.82) is 0 Å². The van der Waals surface area contributed by atoms with Crippen LogP contribution in [0.3, 0.4) is 0 Å². The van der Waals surface area contributed by atoms with E-state index in [4.69, 9.17) is 4.42 Å². The van der Waals surface area contributed by atoms with E-state index in [1.807, 2.05) is 6.07 Å². The van der Waals surface area contributed by atoms with Crippen LogP contribution in [0.5, 0.6) is 0 Å². The fourth-order valence-electron chi connectivity index (χ4n) is 2.07. The monoisotopic (exact) mass is 278 g/mol. The summed E-state index contributed by atoms with van der Waals surface area (Å²) in [4.78, 5) is 12.0. The first-order chi connectivity index (χ1) is 9.33. The van der Waals surface area contributed by atoms with Crippen LogP contribution in [0.25, 0.3) is 10.8 Å². The van der Waals surface area contributed by atoms with E-state index in [-0.39, 0.29) is 11.8 Å². The molecule has 1 fully saturated rings. The Morgan fingerprint density at radius 2 is 2.26 bits per heavy atom. The average Bonchev–Trinajstić information content (AvgIpc) is 3.10. The highest BCUT2D eigenvalue weighted by molar-refractivity contribution is 7.18. The van der Waals surface area contributed by atoms with Crippen LogP contribution in [0.2, 0.25) is 0 Å². The number of carbonyl (C=O) groups is 1. The van der Waals surface area contributed by atoms with E-state index in [0.29, 0.717) is 15.9 Å². The molecule has 6 nitrogen and oxygen atoms in total. The van der Waals surface area contributed by atoms with Gasteiger partial charge < -0.3 is 15.1 Å². The molecule has 2 aromatic rings. The van der Waals surface area contributed by atoms with Crippen LogP contribution >= 0.6 is 11.3 Å². The zero-order valence-corrected chi connectivity index (χ0v) is 11.1. The molecule has 0 aromatic carbocycles. The largest absolute Gasteiger partial charge is 0.462 e. The summed E-state index contributed by atoms with van der Waals surface area (Å²) in [7, 11) is 0. The molecule has 100 valence electrons. The number of piperidine rings is 1. The van der Waals surface area contributed by atoms with Crippen LogP contribution in [-0.2, 0) is 4.79 Å². The Kier molecular flexibility index (Phi) is 3.56. The van der Waals surface area contributed by atoms with E-state index in [1.165, 1.54) is 11.3 Å². The van der Waals surface area contributed by atoms with Gasteiger partial charge in [-0.2, -0.15) is 0 Å². The third-order valence-electron chi connectivity index (χ3n) is 3.10. The van der Waals surface area contributed by atoms with Gasteiger partial charge in [0.2, 0.25) is 11.0 Å². The molecule has 0 aliphatic carbocycles. The molecule has 0 saturated carbocycles. The summed E-state index contributed by atoms with van der Waals surface area (Å²) in [5.41, 5.74) is 0. The van der Waals surface area contributed by atoms with Crippen LogP contribution in [-0.4, -0.2) is 29.2 Å². The van der Waals surface area contributed by atoms with Crippen molar-refractivity contribution in [2.24, 2.45) is 5.92 Å². The van der Waals surface area contributed by atoms with Crippen LogP contribution in [0, 0.1) is 5.92 Å². The van der Waals surface area contributed by atoms with E-state index >= 15 is 0 Å². The maximum absolute atomic E-state index is 12.0. The highest BCUT2D eigenvalue weighted by Gasteiger charge is 2.22. The van der Waals surface area contributed by atoms with Crippen LogP contribution in [0.15, 0.2) is 22.8 Å². The number of amides is 1. The lowest BCUT2D eigenvalue weighted by atomic mass is 9.97. The predicted molar refractivity (Wildman–Crippen MR) is 71.8 cm³/mol. The molecule has 3 heterocycles. The molecule has 1 aliphatic heterocycles. The lowest BCUT2D eigenvalue weighted by molar-refractivity contribution is -0.120. The summed E-state index contributed by atoms with van der Waals surface area (Å²) >= 11 is 1.32. The molecule has 0 unspecified atom stereocenters. The molecule has 19 heavy (non-hydrogen) atoms. The Labute approximate surface area is 114 Å². The summed E-state index contributed by atoms with van der Waals surface area (Å²) in [6, 6.07) is 3.61. The second-order valence-electron chi connectivity index (χ2n) is 4.40. The van der Waals surface area contributed by atoms with Crippen LogP contribution in [0.4, 0.5) is 5.13 Å². The van der Waals surface area contributed by atoms with Gasteiger partial charge in [0.15, 0.2) is 10.8 Å². The number of anilines is 1. The first-order valence-corrected chi connectivity index (χ1v) is 7.03. The summed E-state index contributed by atoms with van der Waals surface area (Å²) < 4.78 is 5.24. The van der Waals surface area contributed by atoms with Crippen LogP contribution in [0.1, 0.15) is 12.8 Å². The van der Waals surface area contributed by atoms with Gasteiger partial charge in [0.25, 0.3) is 0 Å².